The van der Waals surface area contributed by atoms with Gasteiger partial charge in [-0.3, -0.25) is 14.6 Å². The average Bonchev–Trinajstić information content (AvgIpc) is 2.89. The maximum atomic E-state index is 13.4. The first-order valence-corrected chi connectivity index (χ1v) is 13.0. The molecule has 3 aliphatic rings. The number of nitrogens with zero attached hydrogens (tertiary/aromatic N) is 3. The lowest BCUT2D eigenvalue weighted by atomic mass is 9.90. The van der Waals surface area contributed by atoms with Crippen LogP contribution in [0.4, 0.5) is 10.5 Å². The number of halogens is 1. The van der Waals surface area contributed by atoms with Crippen LogP contribution in [0.3, 0.4) is 0 Å². The van der Waals surface area contributed by atoms with Crippen LogP contribution in [0, 0.1) is 0 Å². The average molecular weight is 517 g/mol. The van der Waals surface area contributed by atoms with Crippen molar-refractivity contribution in [3.05, 3.63) is 94.5 Å². The molecule has 6 rings (SSSR count). The van der Waals surface area contributed by atoms with Crippen molar-refractivity contribution in [1.29, 1.82) is 0 Å². The molecule has 2 atom stereocenters. The van der Waals surface area contributed by atoms with Gasteiger partial charge in [-0.25, -0.2) is 4.79 Å². The molecule has 0 unspecified atom stereocenters. The van der Waals surface area contributed by atoms with Crippen molar-refractivity contribution in [3.63, 3.8) is 0 Å². The van der Waals surface area contributed by atoms with E-state index < -0.39 is 5.72 Å². The molecule has 37 heavy (non-hydrogen) atoms. The first-order valence-electron chi connectivity index (χ1n) is 12.6. The van der Waals surface area contributed by atoms with Crippen LogP contribution >= 0.6 is 11.6 Å². The van der Waals surface area contributed by atoms with E-state index in [1.165, 1.54) is 5.56 Å². The molecule has 3 aromatic carbocycles. The fourth-order valence-corrected chi connectivity index (χ4v) is 5.83. The van der Waals surface area contributed by atoms with Crippen molar-refractivity contribution in [1.82, 2.24) is 15.1 Å². The first-order chi connectivity index (χ1) is 17.9. The van der Waals surface area contributed by atoms with E-state index in [0.29, 0.717) is 41.5 Å². The Hall–Kier alpha value is -3.55. The van der Waals surface area contributed by atoms with Crippen molar-refractivity contribution in [2.45, 2.75) is 31.7 Å². The summed E-state index contributed by atoms with van der Waals surface area (Å²) < 4.78 is 6.37. The van der Waals surface area contributed by atoms with E-state index in [0.717, 1.165) is 25.2 Å². The number of piperazine rings is 1. The number of nitrogens with one attached hydrogen (secondary N) is 1. The van der Waals surface area contributed by atoms with Gasteiger partial charge < -0.3 is 15.0 Å². The summed E-state index contributed by atoms with van der Waals surface area (Å²) >= 11 is 6.19. The van der Waals surface area contributed by atoms with Crippen molar-refractivity contribution in [2.75, 3.05) is 31.1 Å². The molecule has 3 aliphatic heterocycles. The van der Waals surface area contributed by atoms with Crippen LogP contribution < -0.4 is 15.0 Å². The Morgan fingerprint density at radius 3 is 2.59 bits per heavy atom. The van der Waals surface area contributed by atoms with Crippen molar-refractivity contribution < 1.29 is 14.3 Å². The van der Waals surface area contributed by atoms with Gasteiger partial charge in [0, 0.05) is 55.3 Å². The summed E-state index contributed by atoms with van der Waals surface area (Å²) in [4.78, 5) is 32.6. The predicted molar refractivity (Wildman–Crippen MR) is 143 cm³/mol. The number of anilines is 1. The first kappa shape index (κ1) is 23.8. The molecule has 3 heterocycles. The summed E-state index contributed by atoms with van der Waals surface area (Å²) in [6.07, 6.45) is 0.563. The lowest BCUT2D eigenvalue weighted by molar-refractivity contribution is 0.0378. The molecule has 7 nitrogen and oxygen atoms in total. The van der Waals surface area contributed by atoms with Gasteiger partial charge in [0.05, 0.1) is 11.7 Å². The molecule has 8 heteroatoms. The number of urea groups is 1. The summed E-state index contributed by atoms with van der Waals surface area (Å²) in [6, 6.07) is 22.7. The topological polar surface area (TPSA) is 65.1 Å². The molecule has 0 radical (unpaired) electrons. The third-order valence-electron chi connectivity index (χ3n) is 7.49. The molecular formula is C29H29ClN4O3. The number of hydrogen-bond acceptors (Lipinski definition) is 4. The molecule has 2 bridgehead atoms. The molecule has 2 saturated heterocycles. The Balaban J connectivity index is 1.18. The minimum Gasteiger partial charge on any atom is -0.467 e. The monoisotopic (exact) mass is 516 g/mol. The summed E-state index contributed by atoms with van der Waals surface area (Å²) in [5, 5.41) is 3.70. The van der Waals surface area contributed by atoms with Crippen LogP contribution in [0.25, 0.3) is 0 Å². The predicted octanol–water partition coefficient (Wildman–Crippen LogP) is 5.07. The summed E-state index contributed by atoms with van der Waals surface area (Å²) in [7, 11) is 0. The fourth-order valence-electron chi connectivity index (χ4n) is 5.65. The quantitative estimate of drug-likeness (QED) is 0.526. The van der Waals surface area contributed by atoms with Gasteiger partial charge in [0.25, 0.3) is 5.91 Å². The second-order valence-corrected chi connectivity index (χ2v) is 10.5. The molecule has 3 amide bonds. The van der Waals surface area contributed by atoms with E-state index in [4.69, 9.17) is 16.3 Å². The molecule has 0 aliphatic carbocycles. The number of carbonyl (C=O) groups is 2. The Kier molecular flexibility index (Phi) is 6.05. The van der Waals surface area contributed by atoms with Gasteiger partial charge >= 0.3 is 6.03 Å². The lowest BCUT2D eigenvalue weighted by Gasteiger charge is -2.50. The highest BCUT2D eigenvalue weighted by molar-refractivity contribution is 6.30. The third kappa shape index (κ3) is 4.54. The molecule has 0 saturated carbocycles. The Bertz CT molecular complexity index is 1340. The van der Waals surface area contributed by atoms with Crippen molar-refractivity contribution in [3.8, 4) is 5.75 Å². The molecule has 2 fully saturated rings. The molecule has 0 aromatic heterocycles. The molecule has 0 spiro atoms. The minimum absolute atomic E-state index is 0.0220. The Labute approximate surface area is 221 Å². The van der Waals surface area contributed by atoms with Crippen molar-refractivity contribution in [2.24, 2.45) is 0 Å². The summed E-state index contributed by atoms with van der Waals surface area (Å²) in [5.74, 6) is 0.681. The fraction of sp³-hybridized carbons (Fsp3) is 0.310. The maximum absolute atomic E-state index is 13.4. The van der Waals surface area contributed by atoms with E-state index in [-0.39, 0.29) is 18.0 Å². The number of ether oxygens (including phenoxy) is 1. The SMILES string of the molecule is C[C@@]12C[C@@H](NC(=O)N1c1cccc(C(=O)N3CCN(Cc4ccccc4)CC3)c1)c1cc(Cl)ccc1O2. The van der Waals surface area contributed by atoms with Crippen molar-refractivity contribution >= 4 is 29.2 Å². The number of rotatable bonds is 4. The maximum Gasteiger partial charge on any atom is 0.325 e. The van der Waals surface area contributed by atoms with Gasteiger partial charge in [-0.05, 0) is 48.9 Å². The van der Waals surface area contributed by atoms with Crippen LogP contribution in [-0.4, -0.2) is 53.6 Å². The second kappa shape index (κ2) is 9.39. The van der Waals surface area contributed by atoms with E-state index in [1.54, 1.807) is 17.0 Å². The smallest absolute Gasteiger partial charge is 0.325 e. The zero-order valence-electron chi connectivity index (χ0n) is 20.7. The Morgan fingerprint density at radius 2 is 1.81 bits per heavy atom. The van der Waals surface area contributed by atoms with Crippen LogP contribution in [0.15, 0.2) is 72.8 Å². The number of benzene rings is 3. The molecule has 190 valence electrons. The number of amides is 3. The highest BCUT2D eigenvalue weighted by Gasteiger charge is 2.50. The minimum atomic E-state index is -0.890. The van der Waals surface area contributed by atoms with Gasteiger partial charge in [0.1, 0.15) is 5.75 Å². The number of carbonyl (C=O) groups excluding carboxylic acids is 2. The molecular weight excluding hydrogens is 488 g/mol. The highest BCUT2D eigenvalue weighted by Crippen LogP contribution is 2.46. The number of hydrogen-bond donors (Lipinski definition) is 1. The molecule has 3 aromatic rings. The summed E-state index contributed by atoms with van der Waals surface area (Å²) in [6.45, 7) is 5.79. The molecule has 1 N–H and O–H groups in total. The van der Waals surface area contributed by atoms with Gasteiger partial charge in [0.2, 0.25) is 0 Å². The van der Waals surface area contributed by atoms with Gasteiger partial charge in [-0.15, -0.1) is 0 Å². The van der Waals surface area contributed by atoms with E-state index >= 15 is 0 Å². The second-order valence-electron chi connectivity index (χ2n) is 10.1. The number of fused-ring (bicyclic) bond motifs is 4. The largest absolute Gasteiger partial charge is 0.467 e. The van der Waals surface area contributed by atoms with E-state index in [9.17, 15) is 9.59 Å². The van der Waals surface area contributed by atoms with E-state index in [1.807, 2.05) is 48.2 Å². The Morgan fingerprint density at radius 1 is 1.03 bits per heavy atom. The normalized spacial score (nSPS) is 23.2. The zero-order chi connectivity index (χ0) is 25.6. The highest BCUT2D eigenvalue weighted by atomic mass is 35.5. The van der Waals surface area contributed by atoms with Gasteiger partial charge in [-0.1, -0.05) is 48.0 Å². The van der Waals surface area contributed by atoms with Gasteiger partial charge in [0.15, 0.2) is 5.72 Å². The van der Waals surface area contributed by atoms with Crippen LogP contribution in [0.2, 0.25) is 5.02 Å². The zero-order valence-corrected chi connectivity index (χ0v) is 21.4. The summed E-state index contributed by atoms with van der Waals surface area (Å²) in [5.41, 5.74) is 2.47. The third-order valence-corrected chi connectivity index (χ3v) is 7.73. The van der Waals surface area contributed by atoms with E-state index in [2.05, 4.69) is 34.5 Å². The lowest BCUT2D eigenvalue weighted by Crippen LogP contribution is -2.65. The van der Waals surface area contributed by atoms with Crippen LogP contribution in [0.1, 0.15) is 40.9 Å². The van der Waals surface area contributed by atoms with Gasteiger partial charge in [-0.2, -0.15) is 0 Å². The van der Waals surface area contributed by atoms with Crippen LogP contribution in [0.5, 0.6) is 5.75 Å². The van der Waals surface area contributed by atoms with Crippen LogP contribution in [-0.2, 0) is 6.54 Å². The standard InChI is InChI=1S/C29H29ClN4O3/c1-29-18-25(24-17-22(30)10-11-26(24)37-29)31-28(36)34(29)23-9-5-8-21(16-23)27(35)33-14-12-32(13-15-33)19-20-6-3-2-4-7-20/h2-11,16-17,25H,12-15,18-19H2,1H3,(H,31,36)/t25-,29-/m1/s1.